The zero-order chi connectivity index (χ0) is 19.7. The van der Waals surface area contributed by atoms with E-state index in [0.29, 0.717) is 22.8 Å². The summed E-state index contributed by atoms with van der Waals surface area (Å²) in [5.41, 5.74) is 2.89. The number of nitro benzene ring substituents is 1. The van der Waals surface area contributed by atoms with Gasteiger partial charge in [-0.3, -0.25) is 10.1 Å². The zero-order valence-electron chi connectivity index (χ0n) is 14.8. The van der Waals surface area contributed by atoms with Crippen molar-refractivity contribution in [3.63, 3.8) is 0 Å². The fraction of sp³-hybridized carbons (Fsp3) is 0.0476. The van der Waals surface area contributed by atoms with Gasteiger partial charge in [0.2, 0.25) is 0 Å². The van der Waals surface area contributed by atoms with Crippen molar-refractivity contribution >= 4 is 23.4 Å². The van der Waals surface area contributed by atoms with E-state index < -0.39 is 10.9 Å². The number of oxime groups is 1. The number of carbonyl (C=O) groups is 1. The van der Waals surface area contributed by atoms with Gasteiger partial charge >= 0.3 is 5.97 Å². The molecule has 7 heteroatoms. The predicted octanol–water partition coefficient (Wildman–Crippen LogP) is 4.51. The van der Waals surface area contributed by atoms with E-state index in [1.807, 2.05) is 37.3 Å². The molecule has 0 bridgehead atoms. The molecule has 1 aliphatic heterocycles. The number of benzene rings is 2. The molecule has 4 rings (SSSR count). The van der Waals surface area contributed by atoms with Crippen LogP contribution in [0.2, 0.25) is 0 Å². The lowest BCUT2D eigenvalue weighted by atomic mass is 10.0. The molecule has 0 amide bonds. The Bertz CT molecular complexity index is 1140. The second-order valence-corrected chi connectivity index (χ2v) is 6.20. The highest BCUT2D eigenvalue weighted by atomic mass is 16.7. The Balaban J connectivity index is 1.70. The standard InChI is InChI=1S/C21H14N2O5/c1-13-7-8-15(23(25)26)11-17(13)19-10-9-16(27-19)12-18-20(22-28-21(18)24)14-5-3-2-4-6-14/h2-12H,1H3/b18-12+. The highest BCUT2D eigenvalue weighted by Gasteiger charge is 2.27. The molecule has 7 nitrogen and oxygen atoms in total. The van der Waals surface area contributed by atoms with Crippen LogP contribution in [0.3, 0.4) is 0 Å². The van der Waals surface area contributed by atoms with E-state index in [4.69, 9.17) is 9.25 Å². The fourth-order valence-corrected chi connectivity index (χ4v) is 2.92. The molecule has 3 aromatic rings. The Morgan fingerprint density at radius 3 is 2.61 bits per heavy atom. The smallest absolute Gasteiger partial charge is 0.368 e. The maximum Gasteiger partial charge on any atom is 0.368 e. The lowest BCUT2D eigenvalue weighted by molar-refractivity contribution is -0.384. The van der Waals surface area contributed by atoms with Gasteiger partial charge in [0, 0.05) is 23.3 Å². The number of hydrogen-bond donors (Lipinski definition) is 0. The molecular formula is C21H14N2O5. The molecule has 0 saturated carbocycles. The number of hydrogen-bond acceptors (Lipinski definition) is 6. The molecule has 0 radical (unpaired) electrons. The Morgan fingerprint density at radius 1 is 1.07 bits per heavy atom. The summed E-state index contributed by atoms with van der Waals surface area (Å²) < 4.78 is 5.82. The van der Waals surface area contributed by atoms with E-state index in [0.717, 1.165) is 11.1 Å². The van der Waals surface area contributed by atoms with Crippen molar-refractivity contribution in [1.29, 1.82) is 0 Å². The third-order valence-corrected chi connectivity index (χ3v) is 4.35. The molecule has 138 valence electrons. The molecule has 0 unspecified atom stereocenters. The second kappa shape index (κ2) is 6.96. The molecule has 1 aromatic heterocycles. The summed E-state index contributed by atoms with van der Waals surface area (Å²) in [6.45, 7) is 1.84. The van der Waals surface area contributed by atoms with E-state index in [2.05, 4.69) is 5.16 Å². The average molecular weight is 374 g/mol. The summed E-state index contributed by atoms with van der Waals surface area (Å²) in [5.74, 6) is 0.319. The van der Waals surface area contributed by atoms with Gasteiger partial charge in [-0.2, -0.15) is 0 Å². The number of aryl methyl sites for hydroxylation is 1. The van der Waals surface area contributed by atoms with Gasteiger partial charge < -0.3 is 9.25 Å². The van der Waals surface area contributed by atoms with Crippen molar-refractivity contribution in [1.82, 2.24) is 0 Å². The minimum atomic E-state index is -0.566. The SMILES string of the molecule is Cc1ccc([N+](=O)[O-])cc1-c1ccc(/C=C2/C(=O)ON=C2c2ccccc2)o1. The molecule has 0 saturated heterocycles. The first-order chi connectivity index (χ1) is 13.5. The molecular weight excluding hydrogens is 360 g/mol. The Labute approximate surface area is 159 Å². The topological polar surface area (TPSA) is 94.9 Å². The summed E-state index contributed by atoms with van der Waals surface area (Å²) in [6, 6.07) is 17.2. The minimum absolute atomic E-state index is 0.0187. The average Bonchev–Trinajstić information content (AvgIpc) is 3.30. The monoisotopic (exact) mass is 374 g/mol. The Kier molecular flexibility index (Phi) is 4.33. The van der Waals surface area contributed by atoms with Gasteiger partial charge in [0.25, 0.3) is 5.69 Å². The van der Waals surface area contributed by atoms with Crippen LogP contribution in [0, 0.1) is 17.0 Å². The van der Waals surface area contributed by atoms with E-state index in [1.54, 1.807) is 24.3 Å². The molecule has 0 spiro atoms. The quantitative estimate of drug-likeness (QED) is 0.290. The van der Waals surface area contributed by atoms with Gasteiger partial charge in [-0.05, 0) is 30.7 Å². The van der Waals surface area contributed by atoms with Crippen molar-refractivity contribution in [2.45, 2.75) is 6.92 Å². The lowest BCUT2D eigenvalue weighted by Crippen LogP contribution is -2.06. The molecule has 0 fully saturated rings. The Hall–Kier alpha value is -4.00. The highest BCUT2D eigenvalue weighted by Crippen LogP contribution is 2.30. The van der Waals surface area contributed by atoms with Crippen LogP contribution in [0.1, 0.15) is 16.9 Å². The summed E-state index contributed by atoms with van der Waals surface area (Å²) in [4.78, 5) is 27.5. The normalized spacial score (nSPS) is 14.8. The van der Waals surface area contributed by atoms with Crippen LogP contribution in [-0.4, -0.2) is 16.6 Å². The molecule has 2 heterocycles. The first kappa shape index (κ1) is 17.4. The van der Waals surface area contributed by atoms with Crippen molar-refractivity contribution < 1.29 is 19.0 Å². The van der Waals surface area contributed by atoms with Crippen LogP contribution in [0.25, 0.3) is 17.4 Å². The number of nitrogens with zero attached hydrogens (tertiary/aromatic N) is 2. The maximum absolute atomic E-state index is 12.1. The van der Waals surface area contributed by atoms with E-state index in [9.17, 15) is 14.9 Å². The van der Waals surface area contributed by atoms with Crippen LogP contribution >= 0.6 is 0 Å². The molecule has 0 N–H and O–H groups in total. The Morgan fingerprint density at radius 2 is 1.86 bits per heavy atom. The largest absolute Gasteiger partial charge is 0.457 e. The number of rotatable bonds is 4. The number of non-ortho nitro benzene ring substituents is 1. The third-order valence-electron chi connectivity index (χ3n) is 4.35. The first-order valence-corrected chi connectivity index (χ1v) is 8.45. The third kappa shape index (κ3) is 3.21. The van der Waals surface area contributed by atoms with E-state index in [-0.39, 0.29) is 11.3 Å². The van der Waals surface area contributed by atoms with Gasteiger partial charge in [0.15, 0.2) is 0 Å². The molecule has 1 aliphatic rings. The van der Waals surface area contributed by atoms with Gasteiger partial charge in [0.05, 0.1) is 10.5 Å². The zero-order valence-corrected chi connectivity index (χ0v) is 14.8. The van der Waals surface area contributed by atoms with Crippen LogP contribution in [0.5, 0.6) is 0 Å². The summed E-state index contributed by atoms with van der Waals surface area (Å²) >= 11 is 0. The summed E-state index contributed by atoms with van der Waals surface area (Å²) in [5, 5.41) is 14.9. The molecule has 0 atom stereocenters. The molecule has 0 aliphatic carbocycles. The van der Waals surface area contributed by atoms with Crippen molar-refractivity contribution in [2.24, 2.45) is 5.16 Å². The van der Waals surface area contributed by atoms with Crippen molar-refractivity contribution in [2.75, 3.05) is 0 Å². The maximum atomic E-state index is 12.1. The van der Waals surface area contributed by atoms with E-state index >= 15 is 0 Å². The predicted molar refractivity (Wildman–Crippen MR) is 103 cm³/mol. The summed E-state index contributed by atoms with van der Waals surface area (Å²) in [7, 11) is 0. The first-order valence-electron chi connectivity index (χ1n) is 8.45. The lowest BCUT2D eigenvalue weighted by Gasteiger charge is -2.02. The summed E-state index contributed by atoms with van der Waals surface area (Å²) in [6.07, 6.45) is 1.55. The van der Waals surface area contributed by atoms with Crippen LogP contribution in [-0.2, 0) is 9.63 Å². The van der Waals surface area contributed by atoms with Crippen LogP contribution < -0.4 is 0 Å². The highest BCUT2D eigenvalue weighted by molar-refractivity contribution is 6.31. The molecule has 2 aromatic carbocycles. The van der Waals surface area contributed by atoms with Crippen molar-refractivity contribution in [3.05, 3.63) is 93.2 Å². The number of furan rings is 1. The minimum Gasteiger partial charge on any atom is -0.457 e. The molecule has 28 heavy (non-hydrogen) atoms. The second-order valence-electron chi connectivity index (χ2n) is 6.20. The fourth-order valence-electron chi connectivity index (χ4n) is 2.92. The number of nitro groups is 1. The van der Waals surface area contributed by atoms with Gasteiger partial charge in [-0.15, -0.1) is 0 Å². The van der Waals surface area contributed by atoms with Gasteiger partial charge in [0.1, 0.15) is 17.2 Å². The van der Waals surface area contributed by atoms with Gasteiger partial charge in [-0.1, -0.05) is 41.6 Å². The number of carbonyl (C=O) groups excluding carboxylic acids is 1. The van der Waals surface area contributed by atoms with Crippen molar-refractivity contribution in [3.8, 4) is 11.3 Å². The van der Waals surface area contributed by atoms with E-state index in [1.165, 1.54) is 12.1 Å². The van der Waals surface area contributed by atoms with Gasteiger partial charge in [-0.25, -0.2) is 4.79 Å². The van der Waals surface area contributed by atoms with Crippen LogP contribution in [0.15, 0.2) is 75.8 Å². The van der Waals surface area contributed by atoms with Crippen LogP contribution in [0.4, 0.5) is 5.69 Å².